The van der Waals surface area contributed by atoms with Gasteiger partial charge in [-0.2, -0.15) is 0 Å². The van der Waals surface area contributed by atoms with Crippen LogP contribution in [0.2, 0.25) is 0 Å². The van der Waals surface area contributed by atoms with Crippen LogP contribution in [0.1, 0.15) is 30.0 Å². The average molecular weight is 816 g/mol. The molecule has 12 rings (SSSR count). The quantitative estimate of drug-likeness (QED) is 0.148. The Balaban J connectivity index is 1.01. The second-order valence-electron chi connectivity index (χ2n) is 17.1. The maximum atomic E-state index is 2.41. The van der Waals surface area contributed by atoms with E-state index in [0.717, 1.165) is 23.5 Å². The van der Waals surface area contributed by atoms with E-state index >= 15 is 0 Å². The number of nitrogens with zero attached hydrogens (tertiary/aromatic N) is 1. The largest absolute Gasteiger partial charge is 0.310 e. The topological polar surface area (TPSA) is 3.24 Å². The van der Waals surface area contributed by atoms with Crippen molar-refractivity contribution in [3.05, 3.63) is 259 Å². The van der Waals surface area contributed by atoms with Crippen molar-refractivity contribution >= 4 is 49.4 Å². The summed E-state index contributed by atoms with van der Waals surface area (Å²) in [6.07, 6.45) is 0.950. The van der Waals surface area contributed by atoms with Gasteiger partial charge in [0, 0.05) is 22.5 Å². The summed E-state index contributed by atoms with van der Waals surface area (Å²) < 4.78 is 0. The Morgan fingerprint density at radius 3 is 1.38 bits per heavy atom. The molecule has 0 bridgehead atoms. The second-order valence-corrected chi connectivity index (χ2v) is 17.1. The number of benzene rings is 11. The predicted octanol–water partition coefficient (Wildman–Crippen LogP) is 17.3. The van der Waals surface area contributed by atoms with Crippen molar-refractivity contribution in [2.45, 2.75) is 18.8 Å². The van der Waals surface area contributed by atoms with E-state index in [9.17, 15) is 0 Å². The fourth-order valence-electron chi connectivity index (χ4n) is 10.9. The molecule has 64 heavy (non-hydrogen) atoms. The molecule has 0 saturated heterocycles. The normalized spacial score (nSPS) is 14.1. The van der Waals surface area contributed by atoms with Crippen LogP contribution < -0.4 is 4.90 Å². The summed E-state index contributed by atoms with van der Waals surface area (Å²) in [5.74, 6) is 0. The minimum Gasteiger partial charge on any atom is -0.310 e. The van der Waals surface area contributed by atoms with Crippen molar-refractivity contribution in [3.8, 4) is 44.5 Å². The molecule has 0 N–H and O–H groups in total. The van der Waals surface area contributed by atoms with Crippen LogP contribution in [0.3, 0.4) is 0 Å². The minimum atomic E-state index is -0.288. The van der Waals surface area contributed by atoms with E-state index < -0.39 is 0 Å². The van der Waals surface area contributed by atoms with E-state index in [1.807, 2.05) is 0 Å². The fourth-order valence-corrected chi connectivity index (χ4v) is 10.9. The third-order valence-electron chi connectivity index (χ3n) is 13.8. The molecule has 0 saturated carbocycles. The first-order valence-corrected chi connectivity index (χ1v) is 22.5. The van der Waals surface area contributed by atoms with Crippen LogP contribution in [-0.2, 0) is 5.41 Å². The van der Waals surface area contributed by atoms with E-state index in [0.29, 0.717) is 0 Å². The summed E-state index contributed by atoms with van der Waals surface area (Å²) in [5, 5.41) is 7.61. The third kappa shape index (κ3) is 6.00. The Bertz CT molecular complexity index is 3400. The Morgan fingerprint density at radius 1 is 0.312 bits per heavy atom. The summed E-state index contributed by atoms with van der Waals surface area (Å²) in [5.41, 5.74) is 17.1. The van der Waals surface area contributed by atoms with Gasteiger partial charge in [-0.3, -0.25) is 0 Å². The highest BCUT2D eigenvalue weighted by Crippen LogP contribution is 2.58. The lowest BCUT2D eigenvalue weighted by molar-refractivity contribution is 0.614. The van der Waals surface area contributed by atoms with E-state index in [-0.39, 0.29) is 5.41 Å². The molecule has 0 radical (unpaired) electrons. The third-order valence-corrected chi connectivity index (χ3v) is 13.8. The van der Waals surface area contributed by atoms with Gasteiger partial charge >= 0.3 is 0 Å². The van der Waals surface area contributed by atoms with Crippen LogP contribution in [0.5, 0.6) is 0 Å². The van der Waals surface area contributed by atoms with E-state index in [2.05, 4.69) is 254 Å². The van der Waals surface area contributed by atoms with E-state index in [1.165, 1.54) is 93.5 Å². The van der Waals surface area contributed by atoms with Crippen LogP contribution in [0.15, 0.2) is 243 Å². The molecule has 0 aliphatic heterocycles. The van der Waals surface area contributed by atoms with E-state index in [4.69, 9.17) is 0 Å². The van der Waals surface area contributed by atoms with Gasteiger partial charge in [0.25, 0.3) is 0 Å². The number of fused-ring (bicyclic) bond motifs is 6. The van der Waals surface area contributed by atoms with Gasteiger partial charge in [-0.15, -0.1) is 0 Å². The standard InChI is InChI=1S/C63H45N/c1-2-63(59-32-14-21-45-18-5-8-26-56(45)59)60-31-10-9-27-58(60)62-57(30-15-33-61(62)63)48-22-11-23-51(42-48)64(49-38-34-46(35-39-49)54-28-12-19-43-16-3-6-24-52(43)54)50-40-36-47(37-41-50)55-29-13-20-44-17-4-7-25-53(44)55/h3-42H,2H2,1H3. The summed E-state index contributed by atoms with van der Waals surface area (Å²) in [6, 6.07) is 89.7. The van der Waals surface area contributed by atoms with Gasteiger partial charge in [-0.25, -0.2) is 0 Å². The minimum absolute atomic E-state index is 0.288. The molecule has 11 aromatic carbocycles. The first kappa shape index (κ1) is 37.7. The van der Waals surface area contributed by atoms with Crippen LogP contribution in [-0.4, -0.2) is 0 Å². The molecule has 0 amide bonds. The smallest absolute Gasteiger partial charge is 0.0467 e. The number of anilines is 3. The Labute approximate surface area is 375 Å². The molecular formula is C63H45N. The molecule has 1 heteroatoms. The van der Waals surface area contributed by atoms with Crippen molar-refractivity contribution < 1.29 is 0 Å². The predicted molar refractivity (Wildman–Crippen MR) is 272 cm³/mol. The summed E-state index contributed by atoms with van der Waals surface area (Å²) in [6.45, 7) is 2.36. The maximum Gasteiger partial charge on any atom is 0.0467 e. The Hall–Kier alpha value is -8.00. The van der Waals surface area contributed by atoms with Gasteiger partial charge in [0.05, 0.1) is 0 Å². The van der Waals surface area contributed by atoms with Crippen molar-refractivity contribution in [3.63, 3.8) is 0 Å². The summed E-state index contributed by atoms with van der Waals surface area (Å²) >= 11 is 0. The van der Waals surface area contributed by atoms with Crippen molar-refractivity contribution in [2.75, 3.05) is 4.90 Å². The maximum absolute atomic E-state index is 2.41. The molecular weight excluding hydrogens is 771 g/mol. The molecule has 0 spiro atoms. The highest BCUT2D eigenvalue weighted by atomic mass is 15.1. The van der Waals surface area contributed by atoms with Crippen LogP contribution in [0, 0.1) is 0 Å². The summed E-state index contributed by atoms with van der Waals surface area (Å²) in [4.78, 5) is 2.41. The van der Waals surface area contributed by atoms with Gasteiger partial charge in [-0.1, -0.05) is 213 Å². The average Bonchev–Trinajstić information content (AvgIpc) is 3.67. The van der Waals surface area contributed by atoms with Crippen LogP contribution in [0.25, 0.3) is 76.8 Å². The lowest BCUT2D eigenvalue weighted by Gasteiger charge is -2.33. The highest BCUT2D eigenvalue weighted by molar-refractivity contribution is 6.00. The molecule has 1 unspecified atom stereocenters. The second kappa shape index (κ2) is 15.4. The number of hydrogen-bond donors (Lipinski definition) is 0. The zero-order valence-electron chi connectivity index (χ0n) is 35.7. The van der Waals surface area contributed by atoms with Crippen LogP contribution >= 0.6 is 0 Å². The molecule has 1 nitrogen and oxygen atoms in total. The molecule has 302 valence electrons. The molecule has 0 fully saturated rings. The zero-order valence-corrected chi connectivity index (χ0v) is 35.7. The Kier molecular flexibility index (Phi) is 9.09. The molecule has 11 aromatic rings. The molecule has 0 aromatic heterocycles. The number of hydrogen-bond acceptors (Lipinski definition) is 1. The molecule has 1 aliphatic rings. The first-order valence-electron chi connectivity index (χ1n) is 22.5. The summed E-state index contributed by atoms with van der Waals surface area (Å²) in [7, 11) is 0. The lowest BCUT2D eigenvalue weighted by atomic mass is 9.69. The highest BCUT2D eigenvalue weighted by Gasteiger charge is 2.44. The van der Waals surface area contributed by atoms with Crippen molar-refractivity contribution in [1.82, 2.24) is 0 Å². The Morgan fingerprint density at radius 2 is 0.750 bits per heavy atom. The van der Waals surface area contributed by atoms with Gasteiger partial charge in [0.1, 0.15) is 0 Å². The molecule has 1 atom stereocenters. The van der Waals surface area contributed by atoms with E-state index in [1.54, 1.807) is 0 Å². The fraction of sp³-hybridized carbons (Fsp3) is 0.0476. The van der Waals surface area contributed by atoms with Crippen LogP contribution in [0.4, 0.5) is 17.1 Å². The van der Waals surface area contributed by atoms with Crippen molar-refractivity contribution in [2.24, 2.45) is 0 Å². The van der Waals surface area contributed by atoms with Crippen molar-refractivity contribution in [1.29, 1.82) is 0 Å². The van der Waals surface area contributed by atoms with Gasteiger partial charge in [0.2, 0.25) is 0 Å². The molecule has 0 heterocycles. The van der Waals surface area contributed by atoms with Gasteiger partial charge < -0.3 is 4.90 Å². The zero-order chi connectivity index (χ0) is 42.6. The number of rotatable bonds is 8. The van der Waals surface area contributed by atoms with Gasteiger partial charge in [0.15, 0.2) is 0 Å². The molecule has 1 aliphatic carbocycles. The monoisotopic (exact) mass is 815 g/mol. The van der Waals surface area contributed by atoms with Gasteiger partial charge in [-0.05, 0) is 136 Å². The SMILES string of the molecule is CCC1(c2cccc3ccccc23)c2ccccc2-c2c(-c3cccc(N(c4ccc(-c5cccc6ccccc56)cc4)c4ccc(-c5cccc6ccccc56)cc4)c3)cccc21. The lowest BCUT2D eigenvalue weighted by Crippen LogP contribution is -2.26. The first-order chi connectivity index (χ1) is 31.7.